The van der Waals surface area contributed by atoms with Gasteiger partial charge >= 0.3 is 5.97 Å². The molecule has 0 saturated carbocycles. The molecule has 0 fully saturated rings. The van der Waals surface area contributed by atoms with E-state index >= 15 is 0 Å². The number of carbonyl (C=O) groups is 2. The number of carbonyl (C=O) groups excluding carboxylic acids is 1. The molecule has 5 unspecified atom stereocenters. The van der Waals surface area contributed by atoms with Crippen molar-refractivity contribution in [3.8, 4) is 0 Å². The van der Waals surface area contributed by atoms with Crippen molar-refractivity contribution in [3.63, 3.8) is 0 Å². The number of hydrogen-bond acceptors (Lipinski definition) is 8. The number of nitrogens with one attached hydrogen (secondary N) is 1. The van der Waals surface area contributed by atoms with E-state index in [1.807, 2.05) is 0 Å². The molecule has 0 aromatic carbocycles. The smallest absolute Gasteiger partial charge is 0.320 e. The normalized spacial score (nSPS) is 18.1. The maximum Gasteiger partial charge on any atom is 0.320 e. The number of aliphatic hydroxyl groups excluding tert-OH is 4. The van der Waals surface area contributed by atoms with Gasteiger partial charge in [-0.15, -0.1) is 0 Å². The number of amides is 1. The predicted molar refractivity (Wildman–Crippen MR) is 73.8 cm³/mol. The van der Waals surface area contributed by atoms with Crippen LogP contribution in [0.25, 0.3) is 0 Å². The van der Waals surface area contributed by atoms with Crippen LogP contribution in [0.4, 0.5) is 0 Å². The molecule has 0 aromatic rings. The van der Waals surface area contributed by atoms with Crippen molar-refractivity contribution in [3.05, 3.63) is 0 Å². The van der Waals surface area contributed by atoms with E-state index < -0.39 is 48.9 Å². The van der Waals surface area contributed by atoms with Gasteiger partial charge in [-0.2, -0.15) is 0 Å². The zero-order chi connectivity index (χ0) is 17.3. The summed E-state index contributed by atoms with van der Waals surface area (Å²) in [5, 5.41) is 48.6. The van der Waals surface area contributed by atoms with Gasteiger partial charge in [0.1, 0.15) is 24.4 Å². The highest BCUT2D eigenvalue weighted by Crippen LogP contribution is 2.08. The third kappa shape index (κ3) is 7.11. The number of methoxy groups -OCH3 is 1. The Bertz CT molecular complexity index is 354. The van der Waals surface area contributed by atoms with Gasteiger partial charge in [-0.3, -0.25) is 9.59 Å². The van der Waals surface area contributed by atoms with Crippen LogP contribution in [0.1, 0.15) is 12.8 Å². The van der Waals surface area contributed by atoms with E-state index in [0.29, 0.717) is 0 Å². The molecule has 0 heterocycles. The Morgan fingerprint density at radius 1 is 1.23 bits per heavy atom. The maximum absolute atomic E-state index is 11.5. The average Bonchev–Trinajstić information content (AvgIpc) is 2.49. The van der Waals surface area contributed by atoms with Crippen LogP contribution in [0.3, 0.4) is 0 Å². The van der Waals surface area contributed by atoms with Crippen LogP contribution in [0.2, 0.25) is 0 Å². The van der Waals surface area contributed by atoms with Gasteiger partial charge in [0.15, 0.2) is 0 Å². The molecule has 0 radical (unpaired) electrons. The summed E-state index contributed by atoms with van der Waals surface area (Å²) in [7, 11) is 1.19. The number of rotatable bonds is 11. The van der Waals surface area contributed by atoms with Crippen LogP contribution in [-0.4, -0.2) is 88.1 Å². The van der Waals surface area contributed by atoms with E-state index in [-0.39, 0.29) is 19.4 Å². The van der Waals surface area contributed by atoms with Gasteiger partial charge in [-0.1, -0.05) is 0 Å². The summed E-state index contributed by atoms with van der Waals surface area (Å²) in [5.41, 5.74) is 5.24. The Kier molecular flexibility index (Phi) is 9.81. The lowest BCUT2D eigenvalue weighted by molar-refractivity contribution is -0.138. The first-order valence-corrected chi connectivity index (χ1v) is 6.67. The monoisotopic (exact) mass is 324 g/mol. The van der Waals surface area contributed by atoms with Crippen LogP contribution < -0.4 is 11.1 Å². The van der Waals surface area contributed by atoms with Crippen molar-refractivity contribution < 1.29 is 39.9 Å². The highest BCUT2D eigenvalue weighted by Gasteiger charge is 2.31. The second kappa shape index (κ2) is 10.4. The van der Waals surface area contributed by atoms with Crippen molar-refractivity contribution in [2.24, 2.45) is 5.73 Å². The number of aliphatic carboxylic acids is 1. The van der Waals surface area contributed by atoms with Crippen molar-refractivity contribution in [2.75, 3.05) is 20.3 Å². The molecule has 0 aliphatic carbocycles. The molecule has 10 heteroatoms. The van der Waals surface area contributed by atoms with Gasteiger partial charge in [0.05, 0.1) is 12.7 Å². The third-order valence-electron chi connectivity index (χ3n) is 3.08. The van der Waals surface area contributed by atoms with Gasteiger partial charge in [0, 0.05) is 20.1 Å². The average molecular weight is 324 g/mol. The molecule has 22 heavy (non-hydrogen) atoms. The van der Waals surface area contributed by atoms with Gasteiger partial charge in [0.25, 0.3) is 0 Å². The second-order valence-corrected chi connectivity index (χ2v) is 4.80. The molecule has 8 N–H and O–H groups in total. The fourth-order valence-electron chi connectivity index (χ4n) is 1.68. The minimum absolute atomic E-state index is 0.0657. The summed E-state index contributed by atoms with van der Waals surface area (Å²) in [5.74, 6) is -1.76. The van der Waals surface area contributed by atoms with Gasteiger partial charge in [-0.25, -0.2) is 0 Å². The van der Waals surface area contributed by atoms with Gasteiger partial charge < -0.3 is 41.3 Å². The zero-order valence-electron chi connectivity index (χ0n) is 12.3. The van der Waals surface area contributed by atoms with Crippen molar-refractivity contribution in [1.82, 2.24) is 5.32 Å². The summed E-state index contributed by atoms with van der Waals surface area (Å²) in [6.45, 7) is -0.998. The molecule has 0 aliphatic rings. The van der Waals surface area contributed by atoms with Crippen LogP contribution in [-0.2, 0) is 14.3 Å². The predicted octanol–water partition coefficient (Wildman–Crippen LogP) is -3.62. The Morgan fingerprint density at radius 2 is 1.82 bits per heavy atom. The van der Waals surface area contributed by atoms with Crippen molar-refractivity contribution >= 4 is 11.9 Å². The number of carboxylic acids is 1. The highest BCUT2D eigenvalue weighted by molar-refractivity contribution is 5.78. The van der Waals surface area contributed by atoms with E-state index in [0.717, 1.165) is 0 Å². The molecule has 130 valence electrons. The third-order valence-corrected chi connectivity index (χ3v) is 3.08. The van der Waals surface area contributed by atoms with Crippen LogP contribution in [0.15, 0.2) is 0 Å². The zero-order valence-corrected chi connectivity index (χ0v) is 12.3. The Hall–Kier alpha value is -1.30. The van der Waals surface area contributed by atoms with E-state index in [1.54, 1.807) is 0 Å². The molecule has 0 saturated heterocycles. The van der Waals surface area contributed by atoms with E-state index in [1.165, 1.54) is 7.11 Å². The fraction of sp³-hybridized carbons (Fsp3) is 0.833. The summed E-state index contributed by atoms with van der Waals surface area (Å²) in [4.78, 5) is 21.9. The lowest BCUT2D eigenvalue weighted by atomic mass is 10.0. The van der Waals surface area contributed by atoms with Crippen LogP contribution in [0, 0.1) is 0 Å². The van der Waals surface area contributed by atoms with Crippen LogP contribution >= 0.6 is 0 Å². The van der Waals surface area contributed by atoms with Crippen LogP contribution in [0.5, 0.6) is 0 Å². The lowest BCUT2D eigenvalue weighted by Crippen LogP contribution is -2.50. The topological polar surface area (TPSA) is 183 Å². The molecule has 10 nitrogen and oxygen atoms in total. The first kappa shape index (κ1) is 20.7. The minimum atomic E-state index is -1.53. The summed E-state index contributed by atoms with van der Waals surface area (Å²) in [6.07, 6.45) is -5.80. The minimum Gasteiger partial charge on any atom is -0.480 e. The second-order valence-electron chi connectivity index (χ2n) is 4.80. The highest BCUT2D eigenvalue weighted by atomic mass is 16.5. The summed E-state index contributed by atoms with van der Waals surface area (Å²) >= 11 is 0. The largest absolute Gasteiger partial charge is 0.480 e. The molecule has 0 spiro atoms. The first-order chi connectivity index (χ1) is 10.2. The Labute approximate surface area is 127 Å². The molecule has 0 aliphatic heterocycles. The summed E-state index contributed by atoms with van der Waals surface area (Å²) in [6, 6.07) is -1.15. The number of aliphatic hydroxyl groups is 4. The standard InChI is InChI=1S/C12H24N2O8/c1-22-11(8(17)5-15)10(19)7(16)4-14-9(18)3-2-6(13)12(20)21/h6-8,10-11,15-17,19H,2-5,13H2,1H3,(H,14,18)(H,20,21). The Balaban J connectivity index is 4.22. The van der Waals surface area contributed by atoms with Gasteiger partial charge in [0.2, 0.25) is 5.91 Å². The number of nitrogens with two attached hydrogens (primary N) is 1. The molecule has 1 amide bonds. The quantitative estimate of drug-likeness (QED) is 0.202. The van der Waals surface area contributed by atoms with E-state index in [9.17, 15) is 24.9 Å². The molecular weight excluding hydrogens is 300 g/mol. The van der Waals surface area contributed by atoms with Crippen molar-refractivity contribution in [1.29, 1.82) is 0 Å². The number of hydrogen-bond donors (Lipinski definition) is 7. The molecule has 0 rings (SSSR count). The molecule has 0 aromatic heterocycles. The Morgan fingerprint density at radius 3 is 2.27 bits per heavy atom. The molecule has 0 bridgehead atoms. The number of ether oxygens (including phenoxy) is 1. The van der Waals surface area contributed by atoms with Crippen molar-refractivity contribution in [2.45, 2.75) is 43.3 Å². The van der Waals surface area contributed by atoms with Gasteiger partial charge in [-0.05, 0) is 6.42 Å². The summed E-state index contributed by atoms with van der Waals surface area (Å²) < 4.78 is 4.78. The van der Waals surface area contributed by atoms with E-state index in [2.05, 4.69) is 5.32 Å². The maximum atomic E-state index is 11.5. The molecule has 5 atom stereocenters. The first-order valence-electron chi connectivity index (χ1n) is 6.67. The SMILES string of the molecule is COC(C(O)CO)C(O)C(O)CNC(=O)CCC(N)C(=O)O. The van der Waals surface area contributed by atoms with E-state index in [4.69, 9.17) is 20.7 Å². The molecular formula is C12H24N2O8. The fourth-order valence-corrected chi connectivity index (χ4v) is 1.68. The number of carboxylic acid groups (broad SMARTS) is 1. The lowest BCUT2D eigenvalue weighted by Gasteiger charge is -2.28.